The average Bonchev–Trinajstić information content (AvgIpc) is 2.90. The van der Waals surface area contributed by atoms with E-state index in [1.165, 1.54) is 0 Å². The molecule has 0 fully saturated rings. The van der Waals surface area contributed by atoms with Crippen LogP contribution in [0.2, 0.25) is 0 Å². The van der Waals surface area contributed by atoms with Crippen molar-refractivity contribution in [3.8, 4) is 0 Å². The Morgan fingerprint density at radius 2 is 2.05 bits per heavy atom. The number of carbonyl (C=O) groups excluding carboxylic acids is 1. The number of aliphatic hydroxyl groups is 1. The molecule has 5 heteroatoms. The molecule has 1 heterocycles. The first-order valence-electron chi connectivity index (χ1n) is 6.45. The third-order valence-electron chi connectivity index (χ3n) is 3.49. The van der Waals surface area contributed by atoms with Crippen LogP contribution in [0.4, 0.5) is 0 Å². The lowest BCUT2D eigenvalue weighted by molar-refractivity contribution is 0.100. The number of aliphatic hydroxyl groups excluding tert-OH is 1. The summed E-state index contributed by atoms with van der Waals surface area (Å²) < 4.78 is 16.9. The van der Waals surface area contributed by atoms with Crippen LogP contribution in [0.1, 0.15) is 46.0 Å². The van der Waals surface area contributed by atoms with E-state index in [0.29, 0.717) is 28.0 Å². The van der Waals surface area contributed by atoms with Gasteiger partial charge >= 0.3 is 0 Å². The molecular weight excluding hydrogens is 288 g/mol. The highest BCUT2D eigenvalue weighted by molar-refractivity contribution is 7.87. The van der Waals surface area contributed by atoms with Crippen molar-refractivity contribution in [3.63, 3.8) is 0 Å². The first kappa shape index (κ1) is 14.0. The Morgan fingerprint density at radius 3 is 2.76 bits per heavy atom. The fourth-order valence-electron chi connectivity index (χ4n) is 2.52. The van der Waals surface area contributed by atoms with E-state index in [0.717, 1.165) is 0 Å². The SMILES string of the molecule is CC(=CS(C)=O)c1cc2c(o1)C(O)c1ccccc1C2=O. The maximum absolute atomic E-state index is 12.5. The molecular formula is C16H14O4S. The molecule has 2 aromatic rings. The highest BCUT2D eigenvalue weighted by atomic mass is 32.2. The van der Waals surface area contributed by atoms with Gasteiger partial charge in [-0.1, -0.05) is 24.3 Å². The van der Waals surface area contributed by atoms with Gasteiger partial charge in [-0.15, -0.1) is 0 Å². The Kier molecular flexibility index (Phi) is 3.39. The molecule has 0 bridgehead atoms. The Bertz CT molecular complexity index is 785. The van der Waals surface area contributed by atoms with Crippen molar-refractivity contribution in [3.05, 3.63) is 64.0 Å². The summed E-state index contributed by atoms with van der Waals surface area (Å²) in [7, 11) is -1.11. The van der Waals surface area contributed by atoms with Crippen LogP contribution >= 0.6 is 0 Å². The number of benzene rings is 1. The van der Waals surface area contributed by atoms with Gasteiger partial charge in [0.2, 0.25) is 0 Å². The van der Waals surface area contributed by atoms with Crippen molar-refractivity contribution in [2.45, 2.75) is 13.0 Å². The molecule has 3 rings (SSSR count). The Balaban J connectivity index is 2.13. The van der Waals surface area contributed by atoms with Crippen molar-refractivity contribution in [1.82, 2.24) is 0 Å². The van der Waals surface area contributed by atoms with E-state index in [4.69, 9.17) is 4.42 Å². The highest BCUT2D eigenvalue weighted by Gasteiger charge is 2.33. The molecule has 0 radical (unpaired) electrons. The topological polar surface area (TPSA) is 67.5 Å². The number of ketones is 1. The smallest absolute Gasteiger partial charge is 0.197 e. The summed E-state index contributed by atoms with van der Waals surface area (Å²) in [6.07, 6.45) is 0.602. The summed E-state index contributed by atoms with van der Waals surface area (Å²) >= 11 is 0. The van der Waals surface area contributed by atoms with Crippen molar-refractivity contribution < 1.29 is 18.5 Å². The first-order chi connectivity index (χ1) is 9.99. The molecule has 108 valence electrons. The van der Waals surface area contributed by atoms with E-state index in [1.54, 1.807) is 48.9 Å². The van der Waals surface area contributed by atoms with Gasteiger partial charge in [-0.3, -0.25) is 9.00 Å². The second kappa shape index (κ2) is 5.09. The molecule has 0 spiro atoms. The fraction of sp³-hybridized carbons (Fsp3) is 0.188. The normalized spacial score (nSPS) is 19.1. The van der Waals surface area contributed by atoms with E-state index in [2.05, 4.69) is 0 Å². The summed E-state index contributed by atoms with van der Waals surface area (Å²) in [6.45, 7) is 1.76. The van der Waals surface area contributed by atoms with Crippen molar-refractivity contribution in [2.75, 3.05) is 6.26 Å². The minimum absolute atomic E-state index is 0.161. The second-order valence-electron chi connectivity index (χ2n) is 5.01. The van der Waals surface area contributed by atoms with E-state index < -0.39 is 16.9 Å². The van der Waals surface area contributed by atoms with Crippen LogP contribution in [0.3, 0.4) is 0 Å². The Morgan fingerprint density at radius 1 is 1.33 bits per heavy atom. The molecule has 1 aromatic carbocycles. The predicted octanol–water partition coefficient (Wildman–Crippen LogP) is 2.65. The number of hydrogen-bond acceptors (Lipinski definition) is 4. The van der Waals surface area contributed by atoms with Gasteiger partial charge in [0.15, 0.2) is 5.78 Å². The minimum atomic E-state index is -1.11. The lowest BCUT2D eigenvalue weighted by Crippen LogP contribution is -2.17. The Labute approximate surface area is 124 Å². The Hall–Kier alpha value is -1.98. The molecule has 2 unspecified atom stereocenters. The van der Waals surface area contributed by atoms with E-state index >= 15 is 0 Å². The molecule has 0 amide bonds. The number of fused-ring (bicyclic) bond motifs is 2. The lowest BCUT2D eigenvalue weighted by atomic mass is 9.87. The van der Waals surface area contributed by atoms with Crippen LogP contribution in [0.5, 0.6) is 0 Å². The first-order valence-corrected chi connectivity index (χ1v) is 8.07. The van der Waals surface area contributed by atoms with Crippen molar-refractivity contribution >= 4 is 22.2 Å². The van der Waals surface area contributed by atoms with E-state index in [9.17, 15) is 14.1 Å². The molecule has 2 atom stereocenters. The standard InChI is InChI=1S/C16H14O4S/c1-9(8-21(2)19)13-7-12-14(17)10-5-3-4-6-11(10)15(18)16(12)20-13/h3-8,15,18H,1-2H3. The molecule has 21 heavy (non-hydrogen) atoms. The van der Waals surface area contributed by atoms with Crippen LogP contribution in [-0.2, 0) is 10.8 Å². The molecule has 4 nitrogen and oxygen atoms in total. The van der Waals surface area contributed by atoms with Crippen LogP contribution < -0.4 is 0 Å². The van der Waals surface area contributed by atoms with Gasteiger partial charge in [-0.2, -0.15) is 0 Å². The molecule has 0 saturated heterocycles. The van der Waals surface area contributed by atoms with Gasteiger partial charge in [-0.25, -0.2) is 0 Å². The van der Waals surface area contributed by atoms with E-state index in [-0.39, 0.29) is 11.5 Å². The largest absolute Gasteiger partial charge is 0.457 e. The quantitative estimate of drug-likeness (QED) is 0.926. The van der Waals surface area contributed by atoms with Gasteiger partial charge < -0.3 is 9.52 Å². The number of hydrogen-bond donors (Lipinski definition) is 1. The van der Waals surface area contributed by atoms with Crippen LogP contribution in [0.25, 0.3) is 5.57 Å². The van der Waals surface area contributed by atoms with Gasteiger partial charge in [0, 0.05) is 33.6 Å². The third-order valence-corrected chi connectivity index (χ3v) is 4.17. The summed E-state index contributed by atoms with van der Waals surface area (Å²) in [4.78, 5) is 12.5. The van der Waals surface area contributed by atoms with Gasteiger partial charge in [0.25, 0.3) is 0 Å². The van der Waals surface area contributed by atoms with Crippen LogP contribution in [-0.4, -0.2) is 21.4 Å². The van der Waals surface area contributed by atoms with Gasteiger partial charge in [0.1, 0.15) is 17.6 Å². The van der Waals surface area contributed by atoms with Crippen molar-refractivity contribution in [2.24, 2.45) is 0 Å². The van der Waals surface area contributed by atoms with Crippen LogP contribution in [0.15, 0.2) is 40.2 Å². The van der Waals surface area contributed by atoms with Gasteiger partial charge in [0.05, 0.1) is 5.56 Å². The summed E-state index contributed by atoms with van der Waals surface area (Å²) in [5.74, 6) is 0.546. The van der Waals surface area contributed by atoms with E-state index in [1.807, 2.05) is 0 Å². The summed E-state index contributed by atoms with van der Waals surface area (Å²) in [6, 6.07) is 8.55. The molecule has 1 N–H and O–H groups in total. The molecule has 1 aliphatic rings. The van der Waals surface area contributed by atoms with Crippen molar-refractivity contribution in [1.29, 1.82) is 0 Å². The average molecular weight is 302 g/mol. The fourth-order valence-corrected chi connectivity index (χ4v) is 3.13. The number of furan rings is 1. The predicted molar refractivity (Wildman–Crippen MR) is 80.4 cm³/mol. The summed E-state index contributed by atoms with van der Waals surface area (Å²) in [5, 5.41) is 11.9. The zero-order valence-electron chi connectivity index (χ0n) is 11.6. The molecule has 0 aliphatic heterocycles. The zero-order valence-corrected chi connectivity index (χ0v) is 12.4. The molecule has 0 saturated carbocycles. The number of carbonyl (C=O) groups is 1. The lowest BCUT2D eigenvalue weighted by Gasteiger charge is -2.18. The molecule has 1 aliphatic carbocycles. The zero-order chi connectivity index (χ0) is 15.1. The number of allylic oxidation sites excluding steroid dienone is 1. The minimum Gasteiger partial charge on any atom is -0.457 e. The molecule has 1 aromatic heterocycles. The maximum Gasteiger partial charge on any atom is 0.197 e. The monoisotopic (exact) mass is 302 g/mol. The maximum atomic E-state index is 12.5. The second-order valence-corrected chi connectivity index (χ2v) is 6.24. The van der Waals surface area contributed by atoms with Gasteiger partial charge in [-0.05, 0) is 18.6 Å². The highest BCUT2D eigenvalue weighted by Crippen LogP contribution is 2.37. The summed E-state index contributed by atoms with van der Waals surface area (Å²) in [5.41, 5.74) is 2.09. The number of rotatable bonds is 2. The third kappa shape index (κ3) is 2.28. The van der Waals surface area contributed by atoms with Crippen LogP contribution in [0, 0.1) is 0 Å².